The molecule has 0 aromatic heterocycles. The highest BCUT2D eigenvalue weighted by atomic mass is 16.5. The van der Waals surface area contributed by atoms with Crippen LogP contribution in [0.15, 0.2) is 42.5 Å². The minimum atomic E-state index is -0.925. The maximum atomic E-state index is 10.6. The molecule has 0 heterocycles. The maximum absolute atomic E-state index is 10.6. The molecule has 114 valence electrons. The molecule has 0 fully saturated rings. The van der Waals surface area contributed by atoms with E-state index in [1.807, 2.05) is 30.3 Å². The Bertz CT molecular complexity index is 484. The van der Waals surface area contributed by atoms with E-state index in [4.69, 9.17) is 9.84 Å². The summed E-state index contributed by atoms with van der Waals surface area (Å²) < 4.78 is 5.16. The zero-order chi connectivity index (χ0) is 15.5. The van der Waals surface area contributed by atoms with Crippen LogP contribution in [0.3, 0.4) is 0 Å². The molecule has 0 saturated carbocycles. The first-order chi connectivity index (χ1) is 10.2. The van der Waals surface area contributed by atoms with Gasteiger partial charge in [-0.05, 0) is 36.1 Å². The number of hydrogen-bond donors (Lipinski definition) is 1. The molecule has 0 saturated heterocycles. The summed E-state index contributed by atoms with van der Waals surface area (Å²) in [6, 6.07) is 7.88. The SMILES string of the molecule is CCCCCCC(=CC=CC(=O)O)c1ccc(OC)cc1. The van der Waals surface area contributed by atoms with Crippen molar-refractivity contribution in [3.8, 4) is 5.75 Å². The van der Waals surface area contributed by atoms with E-state index in [-0.39, 0.29) is 0 Å². The smallest absolute Gasteiger partial charge is 0.328 e. The fourth-order valence-electron chi connectivity index (χ4n) is 2.12. The van der Waals surface area contributed by atoms with Crippen LogP contribution < -0.4 is 4.74 Å². The van der Waals surface area contributed by atoms with E-state index >= 15 is 0 Å². The fraction of sp³-hybridized carbons (Fsp3) is 0.389. The summed E-state index contributed by atoms with van der Waals surface area (Å²) in [6.45, 7) is 2.19. The Labute approximate surface area is 127 Å². The Balaban J connectivity index is 2.80. The van der Waals surface area contributed by atoms with Gasteiger partial charge < -0.3 is 9.84 Å². The van der Waals surface area contributed by atoms with Crippen molar-refractivity contribution < 1.29 is 14.6 Å². The van der Waals surface area contributed by atoms with Crippen LogP contribution >= 0.6 is 0 Å². The van der Waals surface area contributed by atoms with Gasteiger partial charge >= 0.3 is 5.97 Å². The van der Waals surface area contributed by atoms with Gasteiger partial charge in [-0.2, -0.15) is 0 Å². The van der Waals surface area contributed by atoms with E-state index in [1.165, 1.54) is 19.3 Å². The molecular formula is C18H24O3. The van der Waals surface area contributed by atoms with Crippen LogP contribution in [0.5, 0.6) is 5.75 Å². The zero-order valence-electron chi connectivity index (χ0n) is 12.8. The highest BCUT2D eigenvalue weighted by Crippen LogP contribution is 2.24. The molecule has 1 rings (SSSR count). The standard InChI is InChI=1S/C18H24O3/c1-3-4-5-6-8-15(9-7-10-18(19)20)16-11-13-17(21-2)14-12-16/h7,9-14H,3-6,8H2,1-2H3,(H,19,20). The van der Waals surface area contributed by atoms with Crippen LogP contribution in [0.25, 0.3) is 5.57 Å². The molecule has 1 N–H and O–H groups in total. The highest BCUT2D eigenvalue weighted by molar-refractivity contribution is 5.81. The number of carboxylic acid groups (broad SMARTS) is 1. The van der Waals surface area contributed by atoms with Crippen molar-refractivity contribution in [2.24, 2.45) is 0 Å². The monoisotopic (exact) mass is 288 g/mol. The van der Waals surface area contributed by atoms with Crippen LogP contribution in [0, 0.1) is 0 Å². The van der Waals surface area contributed by atoms with Crippen LogP contribution in [-0.4, -0.2) is 18.2 Å². The summed E-state index contributed by atoms with van der Waals surface area (Å²) in [4.78, 5) is 10.6. The third-order valence-electron chi connectivity index (χ3n) is 3.30. The summed E-state index contributed by atoms with van der Waals surface area (Å²) in [5, 5.41) is 8.68. The van der Waals surface area contributed by atoms with E-state index in [0.717, 1.165) is 35.8 Å². The minimum absolute atomic E-state index is 0.824. The number of allylic oxidation sites excluding steroid dienone is 3. The molecule has 0 spiro atoms. The number of benzene rings is 1. The molecule has 0 aliphatic rings. The van der Waals surface area contributed by atoms with Crippen molar-refractivity contribution >= 4 is 11.5 Å². The third-order valence-corrected chi connectivity index (χ3v) is 3.30. The highest BCUT2D eigenvalue weighted by Gasteiger charge is 2.02. The molecule has 3 heteroatoms. The first-order valence-electron chi connectivity index (χ1n) is 7.42. The van der Waals surface area contributed by atoms with E-state index in [9.17, 15) is 4.79 Å². The second-order valence-corrected chi connectivity index (χ2v) is 4.93. The lowest BCUT2D eigenvalue weighted by Gasteiger charge is -2.08. The molecule has 0 unspecified atom stereocenters. The molecule has 21 heavy (non-hydrogen) atoms. The van der Waals surface area contributed by atoms with Gasteiger partial charge in [-0.25, -0.2) is 4.79 Å². The van der Waals surface area contributed by atoms with Gasteiger partial charge in [0.2, 0.25) is 0 Å². The van der Waals surface area contributed by atoms with Crippen molar-refractivity contribution in [2.45, 2.75) is 39.0 Å². The predicted octanol–water partition coefficient (Wildman–Crippen LogP) is 4.69. The Kier molecular flexibility index (Phi) is 7.95. The molecular weight excluding hydrogens is 264 g/mol. The molecule has 1 aromatic rings. The van der Waals surface area contributed by atoms with Gasteiger partial charge in [0.05, 0.1) is 7.11 Å². The number of carboxylic acids is 1. The normalized spacial score (nSPS) is 11.8. The Morgan fingerprint density at radius 3 is 2.48 bits per heavy atom. The van der Waals surface area contributed by atoms with E-state index in [2.05, 4.69) is 6.92 Å². The molecule has 0 bridgehead atoms. The number of hydrogen-bond acceptors (Lipinski definition) is 2. The third kappa shape index (κ3) is 6.80. The van der Waals surface area contributed by atoms with Crippen LogP contribution in [-0.2, 0) is 4.79 Å². The van der Waals surface area contributed by atoms with E-state index in [0.29, 0.717) is 0 Å². The number of aliphatic carboxylic acids is 1. The average Bonchev–Trinajstić information content (AvgIpc) is 2.49. The lowest BCUT2D eigenvalue weighted by atomic mass is 9.98. The number of rotatable bonds is 9. The first-order valence-corrected chi connectivity index (χ1v) is 7.42. The Morgan fingerprint density at radius 2 is 1.90 bits per heavy atom. The van der Waals surface area contributed by atoms with Crippen LogP contribution in [0.2, 0.25) is 0 Å². The lowest BCUT2D eigenvalue weighted by Crippen LogP contribution is -1.89. The minimum Gasteiger partial charge on any atom is -0.497 e. The van der Waals surface area contributed by atoms with Crippen molar-refractivity contribution in [1.82, 2.24) is 0 Å². The number of carbonyl (C=O) groups is 1. The first kappa shape index (κ1) is 17.0. The fourth-order valence-corrected chi connectivity index (χ4v) is 2.12. The maximum Gasteiger partial charge on any atom is 0.328 e. The van der Waals surface area contributed by atoms with Gasteiger partial charge in [0.15, 0.2) is 0 Å². The van der Waals surface area contributed by atoms with E-state index in [1.54, 1.807) is 13.2 Å². The molecule has 0 amide bonds. The van der Waals surface area contributed by atoms with Crippen LogP contribution in [0.1, 0.15) is 44.6 Å². The van der Waals surface area contributed by atoms with Gasteiger partial charge in [0, 0.05) is 6.08 Å². The molecule has 0 aliphatic carbocycles. The quantitative estimate of drug-likeness (QED) is 0.407. The number of unbranched alkanes of at least 4 members (excludes halogenated alkanes) is 3. The van der Waals surface area contributed by atoms with Crippen molar-refractivity contribution in [2.75, 3.05) is 7.11 Å². The van der Waals surface area contributed by atoms with E-state index < -0.39 is 5.97 Å². The summed E-state index contributed by atoms with van der Waals surface area (Å²) in [5.74, 6) is -0.100. The molecule has 0 atom stereocenters. The molecule has 1 aromatic carbocycles. The van der Waals surface area contributed by atoms with Gasteiger partial charge in [-0.15, -0.1) is 0 Å². The van der Waals surface area contributed by atoms with Gasteiger partial charge in [-0.1, -0.05) is 50.5 Å². The predicted molar refractivity (Wildman–Crippen MR) is 86.5 cm³/mol. The molecule has 0 radical (unpaired) electrons. The summed E-state index contributed by atoms with van der Waals surface area (Å²) in [7, 11) is 1.64. The summed E-state index contributed by atoms with van der Waals surface area (Å²) in [6.07, 6.45) is 10.4. The van der Waals surface area contributed by atoms with Crippen molar-refractivity contribution in [3.05, 3.63) is 48.1 Å². The second kappa shape index (κ2) is 9.81. The van der Waals surface area contributed by atoms with Gasteiger partial charge in [0.1, 0.15) is 5.75 Å². The lowest BCUT2D eigenvalue weighted by molar-refractivity contribution is -0.131. The Morgan fingerprint density at radius 1 is 1.19 bits per heavy atom. The van der Waals surface area contributed by atoms with Gasteiger partial charge in [-0.3, -0.25) is 0 Å². The largest absolute Gasteiger partial charge is 0.497 e. The Hall–Kier alpha value is -2.03. The van der Waals surface area contributed by atoms with Crippen molar-refractivity contribution in [3.63, 3.8) is 0 Å². The summed E-state index contributed by atoms with van der Waals surface area (Å²) >= 11 is 0. The topological polar surface area (TPSA) is 46.5 Å². The average molecular weight is 288 g/mol. The van der Waals surface area contributed by atoms with Crippen LogP contribution in [0.4, 0.5) is 0 Å². The van der Waals surface area contributed by atoms with Gasteiger partial charge in [0.25, 0.3) is 0 Å². The number of ether oxygens (including phenoxy) is 1. The zero-order valence-corrected chi connectivity index (χ0v) is 12.8. The molecule has 3 nitrogen and oxygen atoms in total. The van der Waals surface area contributed by atoms with Crippen molar-refractivity contribution in [1.29, 1.82) is 0 Å². The number of methoxy groups -OCH3 is 1. The second-order valence-electron chi connectivity index (χ2n) is 4.93. The molecule has 0 aliphatic heterocycles. The summed E-state index contributed by atoms with van der Waals surface area (Å²) in [5.41, 5.74) is 2.27.